The zero-order valence-electron chi connectivity index (χ0n) is 5.76. The molecule has 1 unspecified atom stereocenters. The van der Waals surface area contributed by atoms with Crippen LogP contribution in [0.1, 0.15) is 0 Å². The highest BCUT2D eigenvalue weighted by Gasteiger charge is 2.16. The van der Waals surface area contributed by atoms with Crippen LogP contribution < -0.4 is 5.32 Å². The quantitative estimate of drug-likeness (QED) is 0.454. The van der Waals surface area contributed by atoms with E-state index >= 15 is 0 Å². The molecule has 2 nitrogen and oxygen atoms in total. The van der Waals surface area contributed by atoms with Crippen molar-refractivity contribution in [3.63, 3.8) is 0 Å². The van der Waals surface area contributed by atoms with Gasteiger partial charge in [-0.25, -0.2) is 5.32 Å². The van der Waals surface area contributed by atoms with Gasteiger partial charge in [-0.15, -0.1) is 23.2 Å². The van der Waals surface area contributed by atoms with Crippen molar-refractivity contribution in [1.82, 2.24) is 10.2 Å². The first-order valence-corrected chi connectivity index (χ1v) is 4.39. The molecule has 1 heterocycles. The van der Waals surface area contributed by atoms with E-state index in [1.165, 1.54) is 0 Å². The Hall–Kier alpha value is 0.500. The van der Waals surface area contributed by atoms with Crippen LogP contribution in [0.25, 0.3) is 0 Å². The second-order valence-corrected chi connectivity index (χ2v) is 3.11. The van der Waals surface area contributed by atoms with Crippen molar-refractivity contribution < 1.29 is 0 Å². The maximum atomic E-state index is 5.90. The van der Waals surface area contributed by atoms with E-state index in [0.717, 1.165) is 26.2 Å². The predicted octanol–water partition coefficient (Wildman–Crippen LogP) is 0.710. The van der Waals surface area contributed by atoms with Gasteiger partial charge in [-0.3, -0.25) is 4.90 Å². The standard InChI is InChI=1S/C6H11Cl2N2/c7-5-6(8)10-3-1-9-2-4-10/h6H,1-5H2. The molecule has 1 atom stereocenters. The molecule has 1 aliphatic rings. The highest BCUT2D eigenvalue weighted by Crippen LogP contribution is 2.07. The van der Waals surface area contributed by atoms with Crippen LogP contribution in [0.4, 0.5) is 0 Å². The number of nitrogens with zero attached hydrogens (tertiary/aromatic N) is 2. The number of alkyl halides is 2. The molecule has 1 aliphatic heterocycles. The fourth-order valence-electron chi connectivity index (χ4n) is 1.000. The van der Waals surface area contributed by atoms with E-state index in [0.29, 0.717) is 5.88 Å². The van der Waals surface area contributed by atoms with E-state index in [1.807, 2.05) is 0 Å². The second-order valence-electron chi connectivity index (χ2n) is 2.30. The molecule has 0 aromatic carbocycles. The molecule has 0 saturated carbocycles. The molecule has 0 aliphatic carbocycles. The SMILES string of the molecule is ClCC(Cl)N1CC[N]CC1. The molecule has 1 radical (unpaired) electrons. The number of hydrogen-bond donors (Lipinski definition) is 0. The average Bonchev–Trinajstić information content (AvgIpc) is 2.05. The van der Waals surface area contributed by atoms with E-state index in [1.54, 1.807) is 0 Å². The van der Waals surface area contributed by atoms with Crippen molar-refractivity contribution in [2.24, 2.45) is 0 Å². The fourth-order valence-corrected chi connectivity index (χ4v) is 1.39. The van der Waals surface area contributed by atoms with E-state index in [-0.39, 0.29) is 5.50 Å². The van der Waals surface area contributed by atoms with E-state index in [9.17, 15) is 0 Å². The molecule has 4 heteroatoms. The Morgan fingerprint density at radius 3 is 2.50 bits per heavy atom. The molecule has 0 spiro atoms. The number of hydrogen-bond acceptors (Lipinski definition) is 1. The van der Waals surface area contributed by atoms with Crippen LogP contribution in [-0.2, 0) is 0 Å². The Balaban J connectivity index is 2.24. The summed E-state index contributed by atoms with van der Waals surface area (Å²) in [4.78, 5) is 2.15. The van der Waals surface area contributed by atoms with Crippen molar-refractivity contribution in [3.8, 4) is 0 Å². The van der Waals surface area contributed by atoms with Gasteiger partial charge in [0.25, 0.3) is 0 Å². The molecule has 0 aromatic heterocycles. The molecular formula is C6H11Cl2N2. The minimum absolute atomic E-state index is 0.00262. The number of halogens is 2. The smallest absolute Gasteiger partial charge is 0.0988 e. The Morgan fingerprint density at radius 2 is 2.00 bits per heavy atom. The zero-order valence-corrected chi connectivity index (χ0v) is 7.28. The van der Waals surface area contributed by atoms with E-state index in [2.05, 4.69) is 10.2 Å². The summed E-state index contributed by atoms with van der Waals surface area (Å²) in [5, 5.41) is 4.20. The summed E-state index contributed by atoms with van der Waals surface area (Å²) in [5.41, 5.74) is -0.00262. The van der Waals surface area contributed by atoms with Gasteiger partial charge in [-0.1, -0.05) is 0 Å². The van der Waals surface area contributed by atoms with Crippen molar-refractivity contribution in [2.75, 3.05) is 32.1 Å². The van der Waals surface area contributed by atoms with Crippen molar-refractivity contribution in [2.45, 2.75) is 5.50 Å². The molecule has 59 valence electrons. The second kappa shape index (κ2) is 4.39. The van der Waals surface area contributed by atoms with Crippen molar-refractivity contribution in [3.05, 3.63) is 0 Å². The monoisotopic (exact) mass is 181 g/mol. The van der Waals surface area contributed by atoms with Crippen LogP contribution in [0.3, 0.4) is 0 Å². The van der Waals surface area contributed by atoms with Gasteiger partial charge in [-0.05, 0) is 0 Å². The van der Waals surface area contributed by atoms with Crippen LogP contribution in [0.2, 0.25) is 0 Å². The van der Waals surface area contributed by atoms with Crippen molar-refractivity contribution >= 4 is 23.2 Å². The minimum Gasteiger partial charge on any atom is -0.284 e. The molecule has 1 rings (SSSR count). The summed E-state index contributed by atoms with van der Waals surface area (Å²) < 4.78 is 0. The topological polar surface area (TPSA) is 17.3 Å². The first-order valence-electron chi connectivity index (χ1n) is 3.42. The summed E-state index contributed by atoms with van der Waals surface area (Å²) >= 11 is 11.5. The third-order valence-corrected chi connectivity index (χ3v) is 2.49. The van der Waals surface area contributed by atoms with Crippen molar-refractivity contribution in [1.29, 1.82) is 0 Å². The number of rotatable bonds is 2. The Labute approximate surface area is 71.5 Å². The zero-order chi connectivity index (χ0) is 7.40. The molecule has 1 saturated heterocycles. The summed E-state index contributed by atoms with van der Waals surface area (Å²) in [7, 11) is 0. The summed E-state index contributed by atoms with van der Waals surface area (Å²) in [6.07, 6.45) is 0. The van der Waals surface area contributed by atoms with E-state index < -0.39 is 0 Å². The number of piperazine rings is 1. The summed E-state index contributed by atoms with van der Waals surface area (Å²) in [6, 6.07) is 0. The lowest BCUT2D eigenvalue weighted by molar-refractivity contribution is 0.230. The largest absolute Gasteiger partial charge is 0.284 e. The molecule has 0 amide bonds. The third-order valence-electron chi connectivity index (χ3n) is 1.61. The van der Waals surface area contributed by atoms with Crippen LogP contribution in [-0.4, -0.2) is 42.5 Å². The van der Waals surface area contributed by atoms with Crippen LogP contribution in [0, 0.1) is 0 Å². The summed E-state index contributed by atoms with van der Waals surface area (Å²) in [5.74, 6) is 0.502. The first-order chi connectivity index (χ1) is 4.84. The fraction of sp³-hybridized carbons (Fsp3) is 1.00. The highest BCUT2D eigenvalue weighted by atomic mass is 35.5. The van der Waals surface area contributed by atoms with Gasteiger partial charge >= 0.3 is 0 Å². The van der Waals surface area contributed by atoms with Gasteiger partial charge in [-0.2, -0.15) is 0 Å². The Morgan fingerprint density at radius 1 is 1.40 bits per heavy atom. The maximum Gasteiger partial charge on any atom is 0.0988 e. The van der Waals surface area contributed by atoms with Gasteiger partial charge in [0, 0.05) is 26.2 Å². The van der Waals surface area contributed by atoms with Crippen LogP contribution >= 0.6 is 23.2 Å². The Kier molecular flexibility index (Phi) is 3.78. The summed E-state index contributed by atoms with van der Waals surface area (Å²) in [6.45, 7) is 3.72. The highest BCUT2D eigenvalue weighted by molar-refractivity contribution is 6.27. The van der Waals surface area contributed by atoms with Gasteiger partial charge in [0.15, 0.2) is 0 Å². The average molecular weight is 182 g/mol. The molecule has 0 N–H and O–H groups in total. The lowest BCUT2D eigenvalue weighted by Gasteiger charge is -2.29. The van der Waals surface area contributed by atoms with Crippen LogP contribution in [0.5, 0.6) is 0 Å². The molecule has 1 fully saturated rings. The van der Waals surface area contributed by atoms with E-state index in [4.69, 9.17) is 23.2 Å². The third kappa shape index (κ3) is 2.27. The van der Waals surface area contributed by atoms with Gasteiger partial charge in [0.1, 0.15) is 0 Å². The van der Waals surface area contributed by atoms with Gasteiger partial charge in [0.2, 0.25) is 0 Å². The van der Waals surface area contributed by atoms with Crippen LogP contribution in [0.15, 0.2) is 0 Å². The lowest BCUT2D eigenvalue weighted by atomic mass is 10.4. The molecule has 10 heavy (non-hydrogen) atoms. The lowest BCUT2D eigenvalue weighted by Crippen LogP contribution is -2.44. The normalized spacial score (nSPS) is 24.6. The molecular weight excluding hydrogens is 171 g/mol. The van der Waals surface area contributed by atoms with Gasteiger partial charge < -0.3 is 0 Å². The minimum atomic E-state index is -0.00262. The van der Waals surface area contributed by atoms with Gasteiger partial charge in [0.05, 0.1) is 11.4 Å². The first kappa shape index (κ1) is 8.60. The molecule has 0 bridgehead atoms. The predicted molar refractivity (Wildman–Crippen MR) is 43.8 cm³/mol. The molecule has 0 aromatic rings. The maximum absolute atomic E-state index is 5.90. The Bertz CT molecular complexity index is 93.7.